The summed E-state index contributed by atoms with van der Waals surface area (Å²) in [7, 11) is 1.64. The summed E-state index contributed by atoms with van der Waals surface area (Å²) in [6, 6.07) is 4.22. The van der Waals surface area contributed by atoms with Crippen molar-refractivity contribution in [2.75, 3.05) is 18.9 Å². The molecule has 0 heterocycles. The van der Waals surface area contributed by atoms with Gasteiger partial charge in [-0.15, -0.1) is 0 Å². The summed E-state index contributed by atoms with van der Waals surface area (Å²) >= 11 is 0. The quantitative estimate of drug-likeness (QED) is 0.791. The number of likely N-dealkylation sites (N-methyl/N-ethyl adjacent to an activating group) is 1. The molecular weight excluding hydrogens is 188 g/mol. The minimum absolute atomic E-state index is 0.00521. The molecular formula is C12H18N2O. The Bertz CT molecular complexity index is 349. The molecule has 1 rings (SSSR count). The van der Waals surface area contributed by atoms with E-state index >= 15 is 0 Å². The van der Waals surface area contributed by atoms with Crippen molar-refractivity contribution in [2.45, 2.75) is 20.8 Å². The smallest absolute Gasteiger partial charge is 0.239 e. The number of rotatable bonds is 3. The van der Waals surface area contributed by atoms with E-state index in [2.05, 4.69) is 29.7 Å². The fourth-order valence-corrected chi connectivity index (χ4v) is 1.72. The van der Waals surface area contributed by atoms with E-state index < -0.39 is 0 Å². The number of amides is 1. The Morgan fingerprint density at radius 1 is 1.20 bits per heavy atom. The third kappa shape index (κ3) is 2.98. The van der Waals surface area contributed by atoms with Crippen molar-refractivity contribution in [2.24, 2.45) is 0 Å². The van der Waals surface area contributed by atoms with Gasteiger partial charge in [-0.3, -0.25) is 4.79 Å². The standard InChI is InChI=1S/C12H18N2O/c1-8-5-9(2)12(10(3)6-8)14-7-11(15)13-4/h5-6,14H,7H2,1-4H3,(H,13,15). The highest BCUT2D eigenvalue weighted by Gasteiger charge is 2.04. The maximum absolute atomic E-state index is 11.1. The van der Waals surface area contributed by atoms with Crippen LogP contribution >= 0.6 is 0 Å². The summed E-state index contributed by atoms with van der Waals surface area (Å²) in [4.78, 5) is 11.1. The number of carbonyl (C=O) groups excluding carboxylic acids is 1. The summed E-state index contributed by atoms with van der Waals surface area (Å²) in [5.41, 5.74) is 4.66. The normalized spacial score (nSPS) is 9.87. The van der Waals surface area contributed by atoms with Crippen LogP contribution in [0.15, 0.2) is 12.1 Å². The van der Waals surface area contributed by atoms with Crippen molar-refractivity contribution in [3.8, 4) is 0 Å². The number of hydrogen-bond acceptors (Lipinski definition) is 2. The van der Waals surface area contributed by atoms with Gasteiger partial charge in [-0.05, 0) is 31.9 Å². The van der Waals surface area contributed by atoms with Gasteiger partial charge in [0.25, 0.3) is 0 Å². The highest BCUT2D eigenvalue weighted by Crippen LogP contribution is 2.21. The van der Waals surface area contributed by atoms with Gasteiger partial charge >= 0.3 is 0 Å². The van der Waals surface area contributed by atoms with Gasteiger partial charge in [-0.2, -0.15) is 0 Å². The second-order valence-electron chi connectivity index (χ2n) is 3.80. The fraction of sp³-hybridized carbons (Fsp3) is 0.417. The molecule has 0 radical (unpaired) electrons. The zero-order chi connectivity index (χ0) is 11.4. The van der Waals surface area contributed by atoms with Crippen molar-refractivity contribution >= 4 is 11.6 Å². The van der Waals surface area contributed by atoms with Crippen LogP contribution in [0.25, 0.3) is 0 Å². The van der Waals surface area contributed by atoms with Crippen LogP contribution in [0.3, 0.4) is 0 Å². The van der Waals surface area contributed by atoms with E-state index in [9.17, 15) is 4.79 Å². The van der Waals surface area contributed by atoms with Crippen LogP contribution in [0.4, 0.5) is 5.69 Å². The molecule has 3 heteroatoms. The zero-order valence-electron chi connectivity index (χ0n) is 9.77. The summed E-state index contributed by atoms with van der Waals surface area (Å²) in [5, 5.41) is 5.73. The number of nitrogens with one attached hydrogen (secondary N) is 2. The minimum Gasteiger partial charge on any atom is -0.376 e. The van der Waals surface area contributed by atoms with Crippen LogP contribution in [0.1, 0.15) is 16.7 Å². The first-order valence-corrected chi connectivity index (χ1v) is 5.07. The molecule has 0 saturated heterocycles. The summed E-state index contributed by atoms with van der Waals surface area (Å²) in [6.07, 6.45) is 0. The highest BCUT2D eigenvalue weighted by molar-refractivity contribution is 5.81. The predicted molar refractivity (Wildman–Crippen MR) is 63.2 cm³/mol. The van der Waals surface area contributed by atoms with Gasteiger partial charge in [0.2, 0.25) is 5.91 Å². The van der Waals surface area contributed by atoms with Crippen LogP contribution in [0.2, 0.25) is 0 Å². The van der Waals surface area contributed by atoms with Gasteiger partial charge in [0.05, 0.1) is 6.54 Å². The van der Waals surface area contributed by atoms with Crippen molar-refractivity contribution in [3.05, 3.63) is 28.8 Å². The zero-order valence-corrected chi connectivity index (χ0v) is 9.77. The fourth-order valence-electron chi connectivity index (χ4n) is 1.72. The van der Waals surface area contributed by atoms with Crippen LogP contribution in [-0.4, -0.2) is 19.5 Å². The molecule has 1 amide bonds. The number of anilines is 1. The van der Waals surface area contributed by atoms with Crippen LogP contribution in [-0.2, 0) is 4.79 Å². The molecule has 2 N–H and O–H groups in total. The third-order valence-corrected chi connectivity index (χ3v) is 2.38. The Kier molecular flexibility index (Phi) is 3.72. The van der Waals surface area contributed by atoms with Crippen molar-refractivity contribution < 1.29 is 4.79 Å². The molecule has 82 valence electrons. The van der Waals surface area contributed by atoms with E-state index in [1.165, 1.54) is 16.7 Å². The van der Waals surface area contributed by atoms with Crippen LogP contribution in [0, 0.1) is 20.8 Å². The van der Waals surface area contributed by atoms with Crippen LogP contribution < -0.4 is 10.6 Å². The first-order chi connectivity index (χ1) is 7.04. The van der Waals surface area contributed by atoms with E-state index in [0.29, 0.717) is 6.54 Å². The van der Waals surface area contributed by atoms with E-state index in [1.54, 1.807) is 7.05 Å². The number of benzene rings is 1. The number of hydrogen-bond donors (Lipinski definition) is 2. The van der Waals surface area contributed by atoms with Gasteiger partial charge in [0.1, 0.15) is 0 Å². The molecule has 0 fully saturated rings. The Balaban J connectivity index is 2.81. The largest absolute Gasteiger partial charge is 0.376 e. The van der Waals surface area contributed by atoms with Crippen molar-refractivity contribution in [1.82, 2.24) is 5.32 Å². The molecule has 0 bridgehead atoms. The predicted octanol–water partition coefficient (Wildman–Crippen LogP) is 1.77. The van der Waals surface area contributed by atoms with Gasteiger partial charge in [-0.25, -0.2) is 0 Å². The van der Waals surface area contributed by atoms with E-state index in [1.807, 2.05) is 13.8 Å². The lowest BCUT2D eigenvalue weighted by atomic mass is 10.1. The Hall–Kier alpha value is -1.51. The van der Waals surface area contributed by atoms with Gasteiger partial charge < -0.3 is 10.6 Å². The molecule has 15 heavy (non-hydrogen) atoms. The summed E-state index contributed by atoms with van der Waals surface area (Å²) < 4.78 is 0. The molecule has 0 unspecified atom stereocenters. The monoisotopic (exact) mass is 206 g/mol. The lowest BCUT2D eigenvalue weighted by Crippen LogP contribution is -2.26. The maximum atomic E-state index is 11.1. The number of aryl methyl sites for hydroxylation is 3. The molecule has 0 atom stereocenters. The second kappa shape index (κ2) is 4.82. The molecule has 1 aromatic rings. The van der Waals surface area contributed by atoms with E-state index in [4.69, 9.17) is 0 Å². The molecule has 0 aromatic heterocycles. The topological polar surface area (TPSA) is 41.1 Å². The van der Waals surface area contributed by atoms with Crippen molar-refractivity contribution in [1.29, 1.82) is 0 Å². The second-order valence-corrected chi connectivity index (χ2v) is 3.80. The summed E-state index contributed by atoms with van der Waals surface area (Å²) in [5.74, 6) is -0.00521. The Morgan fingerprint density at radius 2 is 1.73 bits per heavy atom. The lowest BCUT2D eigenvalue weighted by Gasteiger charge is -2.13. The Labute approximate surface area is 90.9 Å². The van der Waals surface area contributed by atoms with Gasteiger partial charge in [-0.1, -0.05) is 17.7 Å². The molecule has 0 saturated carbocycles. The summed E-state index contributed by atoms with van der Waals surface area (Å²) in [6.45, 7) is 6.49. The highest BCUT2D eigenvalue weighted by atomic mass is 16.1. The Morgan fingerprint density at radius 3 is 2.20 bits per heavy atom. The average molecular weight is 206 g/mol. The molecule has 3 nitrogen and oxygen atoms in total. The molecule has 0 spiro atoms. The SMILES string of the molecule is CNC(=O)CNc1c(C)cc(C)cc1C. The first kappa shape index (κ1) is 11.6. The average Bonchev–Trinajstić information content (AvgIpc) is 2.15. The van der Waals surface area contributed by atoms with Gasteiger partial charge in [0.15, 0.2) is 0 Å². The molecule has 0 aliphatic rings. The molecule has 0 aliphatic heterocycles. The van der Waals surface area contributed by atoms with E-state index in [0.717, 1.165) is 5.69 Å². The molecule has 0 aliphatic carbocycles. The minimum atomic E-state index is -0.00521. The molecule has 1 aromatic carbocycles. The number of carbonyl (C=O) groups is 1. The van der Waals surface area contributed by atoms with Gasteiger partial charge in [0, 0.05) is 12.7 Å². The third-order valence-electron chi connectivity index (χ3n) is 2.38. The first-order valence-electron chi connectivity index (χ1n) is 5.07. The van der Waals surface area contributed by atoms with Crippen molar-refractivity contribution in [3.63, 3.8) is 0 Å². The van der Waals surface area contributed by atoms with E-state index in [-0.39, 0.29) is 5.91 Å². The lowest BCUT2D eigenvalue weighted by molar-refractivity contribution is -0.118. The maximum Gasteiger partial charge on any atom is 0.239 e. The van der Waals surface area contributed by atoms with Crippen LogP contribution in [0.5, 0.6) is 0 Å².